The molecule has 5 heteroatoms. The number of pyridine rings is 1. The summed E-state index contributed by atoms with van der Waals surface area (Å²) < 4.78 is 4.47. The summed E-state index contributed by atoms with van der Waals surface area (Å²) in [7, 11) is 4.81. The van der Waals surface area contributed by atoms with Crippen LogP contribution in [0.25, 0.3) is 0 Å². The van der Waals surface area contributed by atoms with Crippen LogP contribution in [-0.4, -0.2) is 37.3 Å². The molecule has 0 aromatic carbocycles. The van der Waals surface area contributed by atoms with E-state index in [1.807, 2.05) is 0 Å². The molecule has 0 fully saturated rings. The lowest BCUT2D eigenvalue weighted by Crippen LogP contribution is -2.19. The Morgan fingerprint density at radius 1 is 1.60 bits per heavy atom. The van der Waals surface area contributed by atoms with Crippen LogP contribution in [0.15, 0.2) is 18.3 Å². The van der Waals surface area contributed by atoms with Crippen molar-refractivity contribution in [3.8, 4) is 0 Å². The molecule has 0 bridgehead atoms. The second-order valence-corrected chi connectivity index (χ2v) is 3.24. The van der Waals surface area contributed by atoms with Crippen molar-refractivity contribution in [2.75, 3.05) is 26.1 Å². The third-order valence-corrected chi connectivity index (χ3v) is 1.96. The molecule has 0 saturated carbocycles. The number of methoxy groups -OCH3 is 1. The summed E-state index contributed by atoms with van der Waals surface area (Å²) in [4.78, 5) is 17.0. The van der Waals surface area contributed by atoms with Crippen molar-refractivity contribution in [2.24, 2.45) is 0 Å². The van der Waals surface area contributed by atoms with Crippen LogP contribution in [0.5, 0.6) is 0 Å². The Balaban J connectivity index is 3.07. The van der Waals surface area contributed by atoms with Crippen LogP contribution in [0, 0.1) is 0 Å². The second-order valence-electron chi connectivity index (χ2n) is 3.24. The largest absolute Gasteiger partial charge is 0.467 e. The summed E-state index contributed by atoms with van der Waals surface area (Å²) in [6.45, 7) is 0. The molecular formula is C10H14N2O3. The van der Waals surface area contributed by atoms with Crippen LogP contribution >= 0.6 is 0 Å². The second kappa shape index (κ2) is 4.75. The van der Waals surface area contributed by atoms with E-state index < -0.39 is 12.1 Å². The van der Waals surface area contributed by atoms with Crippen LogP contribution < -0.4 is 4.90 Å². The van der Waals surface area contributed by atoms with E-state index in [0.717, 1.165) is 0 Å². The van der Waals surface area contributed by atoms with Crippen LogP contribution in [-0.2, 0) is 9.53 Å². The Hall–Kier alpha value is -1.62. The van der Waals surface area contributed by atoms with E-state index in [1.165, 1.54) is 7.11 Å². The van der Waals surface area contributed by atoms with Gasteiger partial charge in [-0.15, -0.1) is 0 Å². The number of ether oxygens (including phenoxy) is 1. The first kappa shape index (κ1) is 11.5. The fraction of sp³-hybridized carbons (Fsp3) is 0.400. The average molecular weight is 210 g/mol. The molecule has 1 N–H and O–H groups in total. The van der Waals surface area contributed by atoms with Crippen LogP contribution in [0.3, 0.4) is 0 Å². The fourth-order valence-corrected chi connectivity index (χ4v) is 1.24. The Morgan fingerprint density at radius 2 is 2.27 bits per heavy atom. The van der Waals surface area contributed by atoms with Gasteiger partial charge in [0.05, 0.1) is 7.11 Å². The average Bonchev–Trinajstić information content (AvgIpc) is 2.27. The van der Waals surface area contributed by atoms with Crippen LogP contribution in [0.4, 0.5) is 5.82 Å². The highest BCUT2D eigenvalue weighted by molar-refractivity contribution is 5.78. The molecule has 5 nitrogen and oxygen atoms in total. The summed E-state index contributed by atoms with van der Waals surface area (Å²) >= 11 is 0. The number of anilines is 1. The van der Waals surface area contributed by atoms with Crippen molar-refractivity contribution in [2.45, 2.75) is 6.10 Å². The summed E-state index contributed by atoms with van der Waals surface area (Å²) in [5.74, 6) is -0.137. The van der Waals surface area contributed by atoms with Gasteiger partial charge in [0.25, 0.3) is 0 Å². The lowest BCUT2D eigenvalue weighted by Gasteiger charge is -2.17. The Morgan fingerprint density at radius 3 is 2.80 bits per heavy atom. The van der Waals surface area contributed by atoms with Crippen LogP contribution in [0.1, 0.15) is 11.7 Å². The Labute approximate surface area is 88.3 Å². The first-order valence-corrected chi connectivity index (χ1v) is 4.46. The highest BCUT2D eigenvalue weighted by Gasteiger charge is 2.22. The van der Waals surface area contributed by atoms with Crippen molar-refractivity contribution in [3.05, 3.63) is 23.9 Å². The quantitative estimate of drug-likeness (QED) is 0.729. The zero-order valence-corrected chi connectivity index (χ0v) is 8.97. The minimum absolute atomic E-state index is 0.439. The minimum atomic E-state index is -1.29. The van der Waals surface area contributed by atoms with Gasteiger partial charge in [0.2, 0.25) is 0 Å². The van der Waals surface area contributed by atoms with Gasteiger partial charge < -0.3 is 14.7 Å². The van der Waals surface area contributed by atoms with Crippen LogP contribution in [0.2, 0.25) is 0 Å². The zero-order chi connectivity index (χ0) is 11.4. The monoisotopic (exact) mass is 210 g/mol. The molecule has 1 unspecified atom stereocenters. The van der Waals surface area contributed by atoms with Gasteiger partial charge in [-0.25, -0.2) is 9.78 Å². The number of hydrogen-bond donors (Lipinski definition) is 1. The molecule has 0 spiro atoms. The number of esters is 1. The predicted octanol–water partition coefficient (Wildman–Crippen LogP) is 0.354. The van der Waals surface area contributed by atoms with Gasteiger partial charge in [-0.2, -0.15) is 0 Å². The molecule has 82 valence electrons. The zero-order valence-electron chi connectivity index (χ0n) is 8.97. The van der Waals surface area contributed by atoms with Crippen molar-refractivity contribution < 1.29 is 14.6 Å². The Kier molecular flexibility index (Phi) is 3.62. The molecule has 0 aliphatic rings. The molecule has 1 aromatic rings. The maximum Gasteiger partial charge on any atom is 0.339 e. The number of rotatable bonds is 3. The smallest absolute Gasteiger partial charge is 0.339 e. The van der Waals surface area contributed by atoms with E-state index in [1.54, 1.807) is 37.3 Å². The summed E-state index contributed by atoms with van der Waals surface area (Å²) in [6.07, 6.45) is 0.309. The summed E-state index contributed by atoms with van der Waals surface area (Å²) in [6, 6.07) is 3.30. The summed E-state index contributed by atoms with van der Waals surface area (Å²) in [5, 5.41) is 9.68. The van der Waals surface area contributed by atoms with E-state index >= 15 is 0 Å². The van der Waals surface area contributed by atoms with Gasteiger partial charge in [0, 0.05) is 25.9 Å². The molecule has 1 heterocycles. The van der Waals surface area contributed by atoms with E-state index in [0.29, 0.717) is 11.4 Å². The number of carbonyl (C=O) groups excluding carboxylic acids is 1. The van der Waals surface area contributed by atoms with Gasteiger partial charge in [-0.3, -0.25) is 0 Å². The van der Waals surface area contributed by atoms with Crippen molar-refractivity contribution in [1.82, 2.24) is 4.98 Å². The molecule has 15 heavy (non-hydrogen) atoms. The van der Waals surface area contributed by atoms with Crippen molar-refractivity contribution >= 4 is 11.8 Å². The number of aliphatic hydroxyl groups excluding tert-OH is 1. The number of aliphatic hydroxyl groups is 1. The lowest BCUT2D eigenvalue weighted by atomic mass is 10.1. The third-order valence-electron chi connectivity index (χ3n) is 1.96. The molecule has 0 saturated heterocycles. The molecule has 0 amide bonds. The maximum absolute atomic E-state index is 11.2. The third kappa shape index (κ3) is 2.44. The van der Waals surface area contributed by atoms with Gasteiger partial charge in [-0.05, 0) is 6.07 Å². The number of aromatic nitrogens is 1. The number of hydrogen-bond acceptors (Lipinski definition) is 5. The number of nitrogens with zero attached hydrogens (tertiary/aromatic N) is 2. The Bertz CT molecular complexity index is 352. The molecule has 1 aromatic heterocycles. The van der Waals surface area contributed by atoms with Gasteiger partial charge >= 0.3 is 5.97 Å². The van der Waals surface area contributed by atoms with Gasteiger partial charge in [0.15, 0.2) is 6.10 Å². The SMILES string of the molecule is COC(=O)C(O)c1cccnc1N(C)C. The molecular weight excluding hydrogens is 196 g/mol. The lowest BCUT2D eigenvalue weighted by molar-refractivity contribution is -0.150. The topological polar surface area (TPSA) is 62.7 Å². The normalized spacial score (nSPS) is 12.0. The van der Waals surface area contributed by atoms with E-state index in [-0.39, 0.29) is 0 Å². The van der Waals surface area contributed by atoms with E-state index in [4.69, 9.17) is 0 Å². The molecule has 0 aliphatic carbocycles. The highest BCUT2D eigenvalue weighted by Crippen LogP contribution is 2.22. The maximum atomic E-state index is 11.2. The summed E-state index contributed by atoms with van der Waals surface area (Å²) in [5.41, 5.74) is 0.439. The first-order chi connectivity index (χ1) is 7.07. The van der Waals surface area contributed by atoms with Gasteiger partial charge in [-0.1, -0.05) is 6.07 Å². The van der Waals surface area contributed by atoms with E-state index in [2.05, 4.69) is 9.72 Å². The number of carbonyl (C=O) groups is 1. The van der Waals surface area contributed by atoms with Crippen molar-refractivity contribution in [3.63, 3.8) is 0 Å². The van der Waals surface area contributed by atoms with Gasteiger partial charge in [0.1, 0.15) is 5.82 Å². The predicted molar refractivity (Wildman–Crippen MR) is 55.5 cm³/mol. The minimum Gasteiger partial charge on any atom is -0.467 e. The molecule has 0 aliphatic heterocycles. The first-order valence-electron chi connectivity index (χ1n) is 4.46. The molecule has 1 rings (SSSR count). The molecule has 1 atom stereocenters. The fourth-order valence-electron chi connectivity index (χ4n) is 1.24. The highest BCUT2D eigenvalue weighted by atomic mass is 16.5. The van der Waals surface area contributed by atoms with E-state index in [9.17, 15) is 9.90 Å². The molecule has 0 radical (unpaired) electrons. The van der Waals surface area contributed by atoms with Crippen molar-refractivity contribution in [1.29, 1.82) is 0 Å². The standard InChI is InChI=1S/C10H14N2O3/c1-12(2)9-7(5-4-6-11-9)8(13)10(14)15-3/h4-6,8,13H,1-3H3.